The average Bonchev–Trinajstić information content (AvgIpc) is 2.61. The maximum Gasteiger partial charge on any atom is 0.119 e. The normalized spacial score (nSPS) is 11.9. The van der Waals surface area contributed by atoms with Gasteiger partial charge < -0.3 is 10.1 Å². The van der Waals surface area contributed by atoms with Gasteiger partial charge in [0.15, 0.2) is 0 Å². The molecule has 0 saturated carbocycles. The SMILES string of the molecule is COc1ccc(NC(=S)C(C)c2cccc3ccccc23)cc1. The minimum Gasteiger partial charge on any atom is -0.497 e. The van der Waals surface area contributed by atoms with Crippen molar-refractivity contribution in [3.63, 3.8) is 0 Å². The lowest BCUT2D eigenvalue weighted by Crippen LogP contribution is -2.16. The van der Waals surface area contributed by atoms with Crippen molar-refractivity contribution in [1.82, 2.24) is 0 Å². The minimum atomic E-state index is 0.137. The van der Waals surface area contributed by atoms with Crippen molar-refractivity contribution in [2.45, 2.75) is 12.8 Å². The number of nitrogens with one attached hydrogen (secondary N) is 1. The monoisotopic (exact) mass is 321 g/mol. The number of rotatable bonds is 4. The van der Waals surface area contributed by atoms with E-state index in [0.717, 1.165) is 16.4 Å². The van der Waals surface area contributed by atoms with Crippen LogP contribution in [0.15, 0.2) is 66.7 Å². The van der Waals surface area contributed by atoms with Gasteiger partial charge in [-0.2, -0.15) is 0 Å². The molecule has 1 unspecified atom stereocenters. The summed E-state index contributed by atoms with van der Waals surface area (Å²) >= 11 is 5.62. The molecular weight excluding hydrogens is 302 g/mol. The molecule has 3 heteroatoms. The van der Waals surface area contributed by atoms with Gasteiger partial charge in [-0.05, 0) is 40.6 Å². The van der Waals surface area contributed by atoms with E-state index in [1.165, 1.54) is 16.3 Å². The van der Waals surface area contributed by atoms with Crippen LogP contribution in [-0.4, -0.2) is 12.1 Å². The van der Waals surface area contributed by atoms with E-state index < -0.39 is 0 Å². The maximum atomic E-state index is 5.62. The molecule has 0 heterocycles. The third kappa shape index (κ3) is 3.35. The lowest BCUT2D eigenvalue weighted by Gasteiger charge is -2.17. The third-order valence-corrected chi connectivity index (χ3v) is 4.50. The molecule has 0 aliphatic heterocycles. The molecule has 0 radical (unpaired) electrons. The fourth-order valence-corrected chi connectivity index (χ4v) is 2.94. The van der Waals surface area contributed by atoms with Crippen LogP contribution in [0.2, 0.25) is 0 Å². The molecule has 0 spiro atoms. The van der Waals surface area contributed by atoms with E-state index in [4.69, 9.17) is 17.0 Å². The summed E-state index contributed by atoms with van der Waals surface area (Å²) in [6, 6.07) is 22.6. The van der Waals surface area contributed by atoms with Crippen molar-refractivity contribution in [3.05, 3.63) is 72.3 Å². The van der Waals surface area contributed by atoms with Gasteiger partial charge in [0.2, 0.25) is 0 Å². The lowest BCUT2D eigenvalue weighted by molar-refractivity contribution is 0.415. The third-order valence-electron chi connectivity index (χ3n) is 4.04. The Balaban J connectivity index is 1.83. The van der Waals surface area contributed by atoms with Gasteiger partial charge in [-0.3, -0.25) is 0 Å². The molecule has 3 aromatic rings. The summed E-state index contributed by atoms with van der Waals surface area (Å²) in [7, 11) is 1.66. The number of hydrogen-bond acceptors (Lipinski definition) is 2. The molecule has 3 aromatic carbocycles. The van der Waals surface area contributed by atoms with E-state index in [2.05, 4.69) is 54.7 Å². The molecule has 1 N–H and O–H groups in total. The van der Waals surface area contributed by atoms with Crippen LogP contribution in [0.4, 0.5) is 5.69 Å². The summed E-state index contributed by atoms with van der Waals surface area (Å²) in [5.74, 6) is 0.974. The molecule has 0 aromatic heterocycles. The molecular formula is C20H19NOS. The maximum absolute atomic E-state index is 5.62. The Morgan fingerprint density at radius 1 is 0.957 bits per heavy atom. The van der Waals surface area contributed by atoms with Gasteiger partial charge in [0.25, 0.3) is 0 Å². The first kappa shape index (κ1) is 15.5. The van der Waals surface area contributed by atoms with Crippen LogP contribution in [0, 0.1) is 0 Å². The zero-order valence-corrected chi connectivity index (χ0v) is 14.1. The fraction of sp³-hybridized carbons (Fsp3) is 0.150. The molecule has 0 aliphatic carbocycles. The summed E-state index contributed by atoms with van der Waals surface area (Å²) in [5.41, 5.74) is 2.22. The van der Waals surface area contributed by atoms with E-state index in [9.17, 15) is 0 Å². The van der Waals surface area contributed by atoms with Crippen molar-refractivity contribution in [3.8, 4) is 5.75 Å². The molecule has 0 bridgehead atoms. The Hall–Kier alpha value is -2.39. The standard InChI is InChI=1S/C20H19NOS/c1-14(18-9-5-7-15-6-3-4-8-19(15)18)20(23)21-16-10-12-17(22-2)13-11-16/h3-14H,1-2H3,(H,21,23). The second-order valence-electron chi connectivity index (χ2n) is 5.51. The highest BCUT2D eigenvalue weighted by Gasteiger charge is 2.14. The number of thiocarbonyl (C=S) groups is 1. The van der Waals surface area contributed by atoms with Crippen LogP contribution >= 0.6 is 12.2 Å². The summed E-state index contributed by atoms with van der Waals surface area (Å²) in [6.07, 6.45) is 0. The average molecular weight is 321 g/mol. The van der Waals surface area contributed by atoms with Crippen LogP contribution in [0.5, 0.6) is 5.75 Å². The number of hydrogen-bond donors (Lipinski definition) is 1. The van der Waals surface area contributed by atoms with Gasteiger partial charge in [-0.25, -0.2) is 0 Å². The Kier molecular flexibility index (Phi) is 4.58. The molecule has 116 valence electrons. The largest absolute Gasteiger partial charge is 0.497 e. The van der Waals surface area contributed by atoms with E-state index in [1.807, 2.05) is 24.3 Å². The minimum absolute atomic E-state index is 0.137. The topological polar surface area (TPSA) is 21.3 Å². The first-order chi connectivity index (χ1) is 11.2. The highest BCUT2D eigenvalue weighted by atomic mass is 32.1. The van der Waals surface area contributed by atoms with Crippen LogP contribution in [-0.2, 0) is 0 Å². The Morgan fingerprint density at radius 3 is 2.39 bits per heavy atom. The van der Waals surface area contributed by atoms with Gasteiger partial charge in [-0.15, -0.1) is 0 Å². The predicted molar refractivity (Wildman–Crippen MR) is 102 cm³/mol. The zero-order chi connectivity index (χ0) is 16.2. The molecule has 0 fully saturated rings. The summed E-state index contributed by atoms with van der Waals surface area (Å²) < 4.78 is 5.18. The van der Waals surface area contributed by atoms with Gasteiger partial charge in [0.05, 0.1) is 12.1 Å². The Morgan fingerprint density at radius 2 is 1.65 bits per heavy atom. The first-order valence-electron chi connectivity index (χ1n) is 7.61. The molecule has 2 nitrogen and oxygen atoms in total. The van der Waals surface area contributed by atoms with E-state index >= 15 is 0 Å². The molecule has 23 heavy (non-hydrogen) atoms. The van der Waals surface area contributed by atoms with Crippen molar-refractivity contribution in [1.29, 1.82) is 0 Å². The molecule has 0 aliphatic rings. The van der Waals surface area contributed by atoms with Crippen molar-refractivity contribution >= 4 is 33.7 Å². The number of ether oxygens (including phenoxy) is 1. The van der Waals surface area contributed by atoms with Crippen LogP contribution in [0.1, 0.15) is 18.4 Å². The highest BCUT2D eigenvalue weighted by Crippen LogP contribution is 2.27. The number of fused-ring (bicyclic) bond motifs is 1. The second kappa shape index (κ2) is 6.80. The molecule has 0 amide bonds. The first-order valence-corrected chi connectivity index (χ1v) is 8.02. The van der Waals surface area contributed by atoms with Gasteiger partial charge >= 0.3 is 0 Å². The lowest BCUT2D eigenvalue weighted by atomic mass is 9.94. The van der Waals surface area contributed by atoms with Gasteiger partial charge in [-0.1, -0.05) is 61.6 Å². The smallest absolute Gasteiger partial charge is 0.119 e. The van der Waals surface area contributed by atoms with Crippen LogP contribution in [0.25, 0.3) is 10.8 Å². The zero-order valence-electron chi connectivity index (χ0n) is 13.2. The molecule has 1 atom stereocenters. The van der Waals surface area contributed by atoms with Gasteiger partial charge in [0.1, 0.15) is 5.75 Å². The molecule has 0 saturated heterocycles. The van der Waals surface area contributed by atoms with Crippen LogP contribution < -0.4 is 10.1 Å². The van der Waals surface area contributed by atoms with Crippen LogP contribution in [0.3, 0.4) is 0 Å². The second-order valence-corrected chi connectivity index (χ2v) is 5.95. The Labute approximate surface area is 142 Å². The predicted octanol–water partition coefficient (Wildman–Crippen LogP) is 5.39. The van der Waals surface area contributed by atoms with Gasteiger partial charge in [0, 0.05) is 11.6 Å². The van der Waals surface area contributed by atoms with Crippen molar-refractivity contribution < 1.29 is 4.74 Å². The quantitative estimate of drug-likeness (QED) is 0.651. The Bertz CT molecular complexity index is 821. The summed E-state index contributed by atoms with van der Waals surface area (Å²) in [4.78, 5) is 0.812. The summed E-state index contributed by atoms with van der Waals surface area (Å²) in [6.45, 7) is 2.14. The summed E-state index contributed by atoms with van der Waals surface area (Å²) in [5, 5.41) is 5.82. The molecule has 3 rings (SSSR count). The number of anilines is 1. The highest BCUT2D eigenvalue weighted by molar-refractivity contribution is 7.80. The number of benzene rings is 3. The van der Waals surface area contributed by atoms with E-state index in [1.54, 1.807) is 7.11 Å². The van der Waals surface area contributed by atoms with Crippen molar-refractivity contribution in [2.24, 2.45) is 0 Å². The van der Waals surface area contributed by atoms with Crippen molar-refractivity contribution in [2.75, 3.05) is 12.4 Å². The van der Waals surface area contributed by atoms with E-state index in [-0.39, 0.29) is 5.92 Å². The fourth-order valence-electron chi connectivity index (χ4n) is 2.69. The van der Waals surface area contributed by atoms with E-state index in [0.29, 0.717) is 0 Å². The number of methoxy groups -OCH3 is 1.